The van der Waals surface area contributed by atoms with Crippen LogP contribution >= 0.6 is 0 Å². The molecule has 7 nitrogen and oxygen atoms in total. The molecule has 0 atom stereocenters. The van der Waals surface area contributed by atoms with Crippen LogP contribution in [0.2, 0.25) is 0 Å². The van der Waals surface area contributed by atoms with Crippen LogP contribution in [0.1, 0.15) is 16.8 Å². The molecule has 3 aromatic rings. The lowest BCUT2D eigenvalue weighted by atomic mass is 10.1. The van der Waals surface area contributed by atoms with Gasteiger partial charge in [-0.3, -0.25) is 9.71 Å². The van der Waals surface area contributed by atoms with Crippen LogP contribution in [0.15, 0.2) is 59.8 Å². The number of ether oxygens (including phenoxy) is 1. The van der Waals surface area contributed by atoms with Crippen molar-refractivity contribution in [3.63, 3.8) is 0 Å². The lowest BCUT2D eigenvalue weighted by Crippen LogP contribution is -2.15. The Bertz CT molecular complexity index is 1050. The van der Waals surface area contributed by atoms with E-state index in [4.69, 9.17) is 4.74 Å². The summed E-state index contributed by atoms with van der Waals surface area (Å²) in [4.78, 5) is 8.57. The maximum absolute atomic E-state index is 12.8. The summed E-state index contributed by atoms with van der Waals surface area (Å²) >= 11 is 0. The first-order valence-corrected chi connectivity index (χ1v) is 10.2. The first-order valence-electron chi connectivity index (χ1n) is 8.67. The molecule has 2 aromatic heterocycles. The summed E-state index contributed by atoms with van der Waals surface area (Å²) in [5.41, 5.74) is 3.08. The molecule has 0 radical (unpaired) electrons. The molecule has 0 saturated carbocycles. The summed E-state index contributed by atoms with van der Waals surface area (Å²) in [5, 5.41) is 3.14. The Labute approximate surface area is 164 Å². The van der Waals surface area contributed by atoms with E-state index in [0.29, 0.717) is 23.8 Å². The zero-order chi connectivity index (χ0) is 20.1. The fourth-order valence-electron chi connectivity index (χ4n) is 2.59. The van der Waals surface area contributed by atoms with Gasteiger partial charge in [0.15, 0.2) is 0 Å². The third kappa shape index (κ3) is 4.58. The molecular formula is C20H22N4O3S. The van der Waals surface area contributed by atoms with Crippen molar-refractivity contribution in [1.29, 1.82) is 0 Å². The van der Waals surface area contributed by atoms with E-state index in [1.807, 2.05) is 32.0 Å². The molecule has 2 N–H and O–H groups in total. The Morgan fingerprint density at radius 2 is 1.82 bits per heavy atom. The first kappa shape index (κ1) is 19.6. The quantitative estimate of drug-likeness (QED) is 0.633. The van der Waals surface area contributed by atoms with Crippen LogP contribution in [0.5, 0.6) is 5.75 Å². The number of hydrogen-bond donors (Lipinski definition) is 2. The lowest BCUT2D eigenvalue weighted by molar-refractivity contribution is 0.402. The van der Waals surface area contributed by atoms with Gasteiger partial charge in [-0.25, -0.2) is 13.4 Å². The number of rotatable bonds is 7. The van der Waals surface area contributed by atoms with E-state index in [2.05, 4.69) is 20.0 Å². The summed E-state index contributed by atoms with van der Waals surface area (Å²) in [6, 6.07) is 12.4. The minimum atomic E-state index is -3.81. The van der Waals surface area contributed by atoms with Gasteiger partial charge in [-0.2, -0.15) is 0 Å². The van der Waals surface area contributed by atoms with Crippen molar-refractivity contribution < 1.29 is 13.2 Å². The van der Waals surface area contributed by atoms with Crippen LogP contribution in [0.3, 0.4) is 0 Å². The second-order valence-corrected chi connectivity index (χ2v) is 7.95. The highest BCUT2D eigenvalue weighted by Gasteiger charge is 2.21. The molecule has 0 amide bonds. The smallest absolute Gasteiger partial charge is 0.265 e. The van der Waals surface area contributed by atoms with E-state index in [9.17, 15) is 8.42 Å². The largest absolute Gasteiger partial charge is 0.495 e. The van der Waals surface area contributed by atoms with E-state index in [0.717, 1.165) is 16.8 Å². The minimum absolute atomic E-state index is 0.0930. The highest BCUT2D eigenvalue weighted by Crippen LogP contribution is 2.29. The van der Waals surface area contributed by atoms with Gasteiger partial charge >= 0.3 is 0 Å². The Kier molecular flexibility index (Phi) is 5.79. The average molecular weight is 398 g/mol. The lowest BCUT2D eigenvalue weighted by Gasteiger charge is -2.14. The van der Waals surface area contributed by atoms with Gasteiger partial charge in [0.25, 0.3) is 10.0 Å². The minimum Gasteiger partial charge on any atom is -0.495 e. The maximum Gasteiger partial charge on any atom is 0.265 e. The molecule has 0 fully saturated rings. The van der Waals surface area contributed by atoms with E-state index in [1.165, 1.54) is 13.3 Å². The first-order chi connectivity index (χ1) is 13.4. The van der Waals surface area contributed by atoms with Crippen molar-refractivity contribution in [2.24, 2.45) is 0 Å². The summed E-state index contributed by atoms with van der Waals surface area (Å²) < 4.78 is 33.4. The molecule has 8 heteroatoms. The van der Waals surface area contributed by atoms with Crippen molar-refractivity contribution in [2.75, 3.05) is 17.1 Å². The van der Waals surface area contributed by atoms with Crippen LogP contribution in [0.25, 0.3) is 0 Å². The number of nitrogens with zero attached hydrogens (tertiary/aromatic N) is 2. The number of nitrogens with one attached hydrogen (secondary N) is 2. The summed E-state index contributed by atoms with van der Waals surface area (Å²) in [7, 11) is -2.36. The number of anilines is 2. The molecule has 0 saturated heterocycles. The van der Waals surface area contributed by atoms with Crippen molar-refractivity contribution in [2.45, 2.75) is 25.3 Å². The highest BCUT2D eigenvalue weighted by atomic mass is 32.2. The van der Waals surface area contributed by atoms with Crippen molar-refractivity contribution in [1.82, 2.24) is 9.97 Å². The van der Waals surface area contributed by atoms with Crippen LogP contribution in [-0.4, -0.2) is 25.5 Å². The normalized spacial score (nSPS) is 11.1. The monoisotopic (exact) mass is 398 g/mol. The van der Waals surface area contributed by atoms with Crippen LogP contribution < -0.4 is 14.8 Å². The van der Waals surface area contributed by atoms with E-state index in [-0.39, 0.29) is 4.90 Å². The third-order valence-electron chi connectivity index (χ3n) is 4.26. The summed E-state index contributed by atoms with van der Waals surface area (Å²) in [6.45, 7) is 4.29. The zero-order valence-electron chi connectivity index (χ0n) is 15.9. The molecular weight excluding hydrogens is 376 g/mol. The van der Waals surface area contributed by atoms with Crippen molar-refractivity contribution in [3.8, 4) is 5.75 Å². The predicted molar refractivity (Wildman–Crippen MR) is 109 cm³/mol. The highest BCUT2D eigenvalue weighted by molar-refractivity contribution is 7.92. The molecule has 146 valence electrons. The number of pyridine rings is 2. The van der Waals surface area contributed by atoms with Crippen molar-refractivity contribution in [3.05, 3.63) is 71.7 Å². The van der Waals surface area contributed by atoms with Gasteiger partial charge in [0.1, 0.15) is 16.5 Å². The average Bonchev–Trinajstić information content (AvgIpc) is 2.69. The SMILES string of the molecule is COc1cc(C)c(C)cc1S(=O)(=O)Nc1ccc(NCc2ccccn2)nc1. The van der Waals surface area contributed by atoms with Gasteiger partial charge < -0.3 is 10.1 Å². The molecule has 0 aliphatic heterocycles. The molecule has 2 heterocycles. The molecule has 28 heavy (non-hydrogen) atoms. The number of sulfonamides is 1. The molecule has 0 bridgehead atoms. The van der Waals surface area contributed by atoms with Crippen LogP contribution in [0, 0.1) is 13.8 Å². The van der Waals surface area contributed by atoms with E-state index in [1.54, 1.807) is 30.5 Å². The van der Waals surface area contributed by atoms with Crippen LogP contribution in [0.4, 0.5) is 11.5 Å². The fraction of sp³-hybridized carbons (Fsp3) is 0.200. The number of aryl methyl sites for hydroxylation is 2. The predicted octanol–water partition coefficient (Wildman–Crippen LogP) is 3.51. The zero-order valence-corrected chi connectivity index (χ0v) is 16.7. The van der Waals surface area contributed by atoms with Gasteiger partial charge in [0.05, 0.1) is 31.2 Å². The Morgan fingerprint density at radius 3 is 2.46 bits per heavy atom. The fourth-order valence-corrected chi connectivity index (χ4v) is 3.87. The molecule has 0 unspecified atom stereocenters. The van der Waals surface area contributed by atoms with Crippen molar-refractivity contribution >= 4 is 21.5 Å². The van der Waals surface area contributed by atoms with Gasteiger partial charge in [-0.05, 0) is 61.4 Å². The van der Waals surface area contributed by atoms with E-state index >= 15 is 0 Å². The number of benzene rings is 1. The maximum atomic E-state index is 12.8. The van der Waals surface area contributed by atoms with Gasteiger partial charge in [-0.15, -0.1) is 0 Å². The molecule has 0 aliphatic carbocycles. The topological polar surface area (TPSA) is 93.2 Å². The summed E-state index contributed by atoms with van der Waals surface area (Å²) in [5.74, 6) is 0.926. The summed E-state index contributed by atoms with van der Waals surface area (Å²) in [6.07, 6.45) is 3.19. The van der Waals surface area contributed by atoms with Gasteiger partial charge in [0.2, 0.25) is 0 Å². The number of hydrogen-bond acceptors (Lipinski definition) is 6. The standard InChI is InChI=1S/C20H22N4O3S/c1-14-10-18(27-3)19(11-15(14)2)28(25,26)24-17-7-8-20(23-13-17)22-12-16-6-4-5-9-21-16/h4-11,13,24H,12H2,1-3H3,(H,22,23). The Morgan fingerprint density at radius 1 is 1.04 bits per heavy atom. The number of methoxy groups -OCH3 is 1. The number of aromatic nitrogens is 2. The van der Waals surface area contributed by atoms with Gasteiger partial charge in [-0.1, -0.05) is 6.07 Å². The molecule has 3 rings (SSSR count). The second kappa shape index (κ2) is 8.26. The molecule has 0 spiro atoms. The second-order valence-electron chi connectivity index (χ2n) is 6.30. The molecule has 0 aliphatic rings. The van der Waals surface area contributed by atoms with Gasteiger partial charge in [0, 0.05) is 6.20 Å². The Hall–Kier alpha value is -3.13. The third-order valence-corrected chi connectivity index (χ3v) is 5.66. The van der Waals surface area contributed by atoms with Crippen LogP contribution in [-0.2, 0) is 16.6 Å². The van der Waals surface area contributed by atoms with E-state index < -0.39 is 10.0 Å². The Balaban J connectivity index is 1.73. The molecule has 1 aromatic carbocycles.